The highest BCUT2D eigenvalue weighted by molar-refractivity contribution is 5.80. The van der Waals surface area contributed by atoms with E-state index in [1.54, 1.807) is 6.08 Å². The number of esters is 1. The fourth-order valence-corrected chi connectivity index (χ4v) is 10.2. The molecule has 0 bridgehead atoms. The van der Waals surface area contributed by atoms with Crippen LogP contribution in [0.5, 0.6) is 0 Å². The third-order valence-electron chi connectivity index (χ3n) is 15.8. The maximum Gasteiger partial charge on any atom is 0.306 e. The van der Waals surface area contributed by atoms with Gasteiger partial charge in [0.05, 0.1) is 25.4 Å². The van der Waals surface area contributed by atoms with Crippen LogP contribution < -0.4 is 5.32 Å². The molecule has 0 aliphatic carbocycles. The van der Waals surface area contributed by atoms with Gasteiger partial charge >= 0.3 is 5.97 Å². The number of rotatable bonds is 59. The van der Waals surface area contributed by atoms with Crippen LogP contribution in [0, 0.1) is 0 Å². The molecule has 0 radical (unpaired) electrons. The van der Waals surface area contributed by atoms with Gasteiger partial charge in [0.1, 0.15) is 24.4 Å². The number of hydrogen-bond donors (Lipinski definition) is 6. The first-order chi connectivity index (χ1) is 43.2. The van der Waals surface area contributed by atoms with E-state index in [1.165, 1.54) is 70.6 Å². The van der Waals surface area contributed by atoms with Crippen molar-refractivity contribution in [3.05, 3.63) is 134 Å². The van der Waals surface area contributed by atoms with Crippen LogP contribution in [0.1, 0.15) is 278 Å². The maximum atomic E-state index is 13.5. The molecule has 1 amide bonds. The Balaban J connectivity index is 2.62. The van der Waals surface area contributed by atoms with E-state index in [0.29, 0.717) is 12.8 Å². The number of carbonyl (C=O) groups is 2. The van der Waals surface area contributed by atoms with Crippen LogP contribution >= 0.6 is 0 Å². The molecule has 11 nitrogen and oxygen atoms in total. The highest BCUT2D eigenvalue weighted by Gasteiger charge is 2.47. The molecule has 11 heteroatoms. The monoisotopic (exact) mass is 1230 g/mol. The first-order valence-corrected chi connectivity index (χ1v) is 35.5. The number of aliphatic hydroxyl groups excluding tert-OH is 5. The molecule has 8 unspecified atom stereocenters. The zero-order valence-electron chi connectivity index (χ0n) is 55.8. The molecular formula is C77H129NO10. The summed E-state index contributed by atoms with van der Waals surface area (Å²) in [5.74, 6) is -1.23. The van der Waals surface area contributed by atoms with Crippen LogP contribution in [0.3, 0.4) is 0 Å². The van der Waals surface area contributed by atoms with Gasteiger partial charge in [-0.15, -0.1) is 0 Å². The molecular weight excluding hydrogens is 1100 g/mol. The lowest BCUT2D eigenvalue weighted by Gasteiger charge is -2.41. The molecule has 0 saturated carbocycles. The summed E-state index contributed by atoms with van der Waals surface area (Å²) in [7, 11) is 0. The van der Waals surface area contributed by atoms with Crippen molar-refractivity contribution >= 4 is 11.9 Å². The van der Waals surface area contributed by atoms with Crippen LogP contribution in [0.2, 0.25) is 0 Å². The second kappa shape index (κ2) is 63.0. The summed E-state index contributed by atoms with van der Waals surface area (Å²) in [4.78, 5) is 26.7. The Labute approximate surface area is 537 Å². The standard InChI is InChI=1S/C77H129NO10/c1-4-7-10-13-16-19-22-25-27-29-31-33-35-37-38-40-42-44-46-49-52-55-58-61-64-70(81)76(85)78-68(69(80)63-60-57-54-51-48-24-21-18-15-12-9-6-3)67-86-77-75(74(84)73(83)71(66-79)87-77)88-72(82)65-62-59-56-53-50-47-45-43-41-39-36-34-32-30-28-26-23-20-17-14-11-8-5-2/h7,10,16-17,19-20,25-28,31-34,37-39,41-42,44,60,63,68-71,73-75,77,79-81,83-84H,4-6,8-9,11-15,18,21-24,29-30,35-36,40,43,45-59,61-62,64-67H2,1-3H3,(H,78,85)/b10-7-,19-16-,20-17-,27-25-,28-26-,33-31-,34-32-,38-37-,41-39-,44-42-,63-60+. The van der Waals surface area contributed by atoms with E-state index in [0.717, 1.165) is 161 Å². The van der Waals surface area contributed by atoms with E-state index in [1.807, 2.05) is 6.08 Å². The molecule has 1 aliphatic rings. The Morgan fingerprint density at radius 3 is 1.25 bits per heavy atom. The second-order valence-electron chi connectivity index (χ2n) is 23.9. The van der Waals surface area contributed by atoms with Gasteiger partial charge in [0.2, 0.25) is 5.91 Å². The topological polar surface area (TPSA) is 175 Å². The SMILES string of the molecule is CC/C=C\C/C=C\C/C=C\C/C=C\C/C=C\C/C=C\CCCCCCCC(O)C(=O)NC(COC1OC(CO)C(O)C(O)C1OC(=O)CCCCCCCCC/C=C\C/C=C\C/C=C\C/C=C\CCCCC)C(O)/C=C/CCCCCCCCCCCC. The van der Waals surface area contributed by atoms with Crippen LogP contribution in [-0.4, -0.2) is 99.6 Å². The molecule has 502 valence electrons. The lowest BCUT2D eigenvalue weighted by molar-refractivity contribution is -0.305. The van der Waals surface area contributed by atoms with Crippen molar-refractivity contribution in [2.75, 3.05) is 13.2 Å². The molecule has 0 aromatic rings. The number of hydrogen-bond acceptors (Lipinski definition) is 10. The van der Waals surface area contributed by atoms with Crippen LogP contribution in [0.25, 0.3) is 0 Å². The van der Waals surface area contributed by atoms with Crippen LogP contribution in [0.15, 0.2) is 134 Å². The highest BCUT2D eigenvalue weighted by Crippen LogP contribution is 2.26. The zero-order valence-corrected chi connectivity index (χ0v) is 55.8. The van der Waals surface area contributed by atoms with Crippen molar-refractivity contribution in [2.45, 2.75) is 327 Å². The summed E-state index contributed by atoms with van der Waals surface area (Å²) in [5.41, 5.74) is 0. The van der Waals surface area contributed by atoms with Gasteiger partial charge in [0.15, 0.2) is 12.4 Å². The largest absolute Gasteiger partial charge is 0.454 e. The Morgan fingerprint density at radius 1 is 0.455 bits per heavy atom. The van der Waals surface area contributed by atoms with E-state index in [2.05, 4.69) is 148 Å². The second-order valence-corrected chi connectivity index (χ2v) is 23.9. The molecule has 0 aromatic carbocycles. The predicted octanol–water partition coefficient (Wildman–Crippen LogP) is 18.3. The molecule has 6 N–H and O–H groups in total. The summed E-state index contributed by atoms with van der Waals surface area (Å²) < 4.78 is 17.7. The Kier molecular flexibility index (Phi) is 58.5. The van der Waals surface area contributed by atoms with Gasteiger partial charge in [0, 0.05) is 6.42 Å². The lowest BCUT2D eigenvalue weighted by Crippen LogP contribution is -2.61. The van der Waals surface area contributed by atoms with Gasteiger partial charge in [-0.3, -0.25) is 9.59 Å². The number of ether oxygens (including phenoxy) is 3. The van der Waals surface area contributed by atoms with E-state index in [-0.39, 0.29) is 19.4 Å². The quantitative estimate of drug-likeness (QED) is 0.0195. The molecule has 1 rings (SSSR count). The molecule has 0 spiro atoms. The minimum atomic E-state index is -1.63. The molecule has 1 saturated heterocycles. The van der Waals surface area contributed by atoms with E-state index < -0.39 is 67.4 Å². The van der Waals surface area contributed by atoms with E-state index in [4.69, 9.17) is 14.2 Å². The Bertz CT molecular complexity index is 1950. The maximum absolute atomic E-state index is 13.5. The van der Waals surface area contributed by atoms with E-state index in [9.17, 15) is 35.1 Å². The molecule has 1 aliphatic heterocycles. The smallest absolute Gasteiger partial charge is 0.306 e. The molecule has 88 heavy (non-hydrogen) atoms. The van der Waals surface area contributed by atoms with E-state index >= 15 is 0 Å². The normalized spacial score (nSPS) is 19.0. The van der Waals surface area contributed by atoms with Crippen molar-refractivity contribution in [2.24, 2.45) is 0 Å². The summed E-state index contributed by atoms with van der Waals surface area (Å²) in [6, 6.07) is -1.05. The number of unbranched alkanes of at least 4 members (excludes halogenated alkanes) is 25. The summed E-state index contributed by atoms with van der Waals surface area (Å²) in [6.07, 6.45) is 79.0. The lowest BCUT2D eigenvalue weighted by atomic mass is 9.99. The minimum absolute atomic E-state index is 0.102. The van der Waals surface area contributed by atoms with Gasteiger partial charge in [-0.25, -0.2) is 0 Å². The third kappa shape index (κ3) is 49.6. The summed E-state index contributed by atoms with van der Waals surface area (Å²) >= 11 is 0. The first-order valence-electron chi connectivity index (χ1n) is 35.5. The minimum Gasteiger partial charge on any atom is -0.454 e. The molecule has 1 heterocycles. The van der Waals surface area contributed by atoms with Crippen LogP contribution in [0.4, 0.5) is 0 Å². The fourth-order valence-electron chi connectivity index (χ4n) is 10.2. The number of nitrogens with one attached hydrogen (secondary N) is 1. The average Bonchev–Trinajstić information content (AvgIpc) is 3.72. The molecule has 1 fully saturated rings. The van der Waals surface area contributed by atoms with Gasteiger partial charge in [-0.2, -0.15) is 0 Å². The first kappa shape index (κ1) is 81.8. The van der Waals surface area contributed by atoms with Crippen molar-refractivity contribution in [1.82, 2.24) is 5.32 Å². The fraction of sp³-hybridized carbons (Fsp3) is 0.688. The number of amides is 1. The Hall–Kier alpha value is -4.20. The highest BCUT2D eigenvalue weighted by atomic mass is 16.7. The van der Waals surface area contributed by atoms with Crippen LogP contribution in [-0.2, 0) is 23.8 Å². The Morgan fingerprint density at radius 2 is 0.818 bits per heavy atom. The number of aliphatic hydroxyl groups is 5. The van der Waals surface area contributed by atoms with Gasteiger partial charge in [-0.1, -0.05) is 283 Å². The summed E-state index contributed by atoms with van der Waals surface area (Å²) in [5, 5.41) is 57.2. The zero-order chi connectivity index (χ0) is 63.9. The predicted molar refractivity (Wildman–Crippen MR) is 370 cm³/mol. The van der Waals surface area contributed by atoms with Crippen molar-refractivity contribution in [1.29, 1.82) is 0 Å². The number of carbonyl (C=O) groups excluding carboxylic acids is 2. The third-order valence-corrected chi connectivity index (χ3v) is 15.8. The van der Waals surface area contributed by atoms with Crippen molar-refractivity contribution < 1.29 is 49.3 Å². The molecule has 8 atom stereocenters. The van der Waals surface area contributed by atoms with Crippen molar-refractivity contribution in [3.8, 4) is 0 Å². The number of allylic oxidation sites excluding steroid dienone is 21. The average molecular weight is 1230 g/mol. The summed E-state index contributed by atoms with van der Waals surface area (Å²) in [6.45, 7) is 5.64. The molecule has 0 aromatic heterocycles. The van der Waals surface area contributed by atoms with Crippen molar-refractivity contribution in [3.63, 3.8) is 0 Å². The van der Waals surface area contributed by atoms with Gasteiger partial charge < -0.3 is 45.1 Å². The van der Waals surface area contributed by atoms with Gasteiger partial charge in [-0.05, 0) is 122 Å². The van der Waals surface area contributed by atoms with Gasteiger partial charge in [0.25, 0.3) is 0 Å².